The molecular weight excluding hydrogens is 267 g/mol. The molecule has 0 unspecified atom stereocenters. The van der Waals surface area contributed by atoms with Gasteiger partial charge in [0.05, 0.1) is 18.0 Å². The predicted molar refractivity (Wildman–Crippen MR) is 84.3 cm³/mol. The summed E-state index contributed by atoms with van der Waals surface area (Å²) in [5, 5.41) is 0. The van der Waals surface area contributed by atoms with Crippen molar-refractivity contribution in [1.29, 1.82) is 0 Å². The first-order chi connectivity index (χ1) is 10.1. The van der Waals surface area contributed by atoms with Gasteiger partial charge in [-0.05, 0) is 38.0 Å². The predicted octanol–water partition coefficient (Wildman–Crippen LogP) is 3.97. The van der Waals surface area contributed by atoms with E-state index in [9.17, 15) is 4.39 Å². The normalized spacial score (nSPS) is 21.0. The fourth-order valence-electron chi connectivity index (χ4n) is 3.94. The van der Waals surface area contributed by atoms with Gasteiger partial charge in [0.1, 0.15) is 0 Å². The fraction of sp³-hybridized carbons (Fsp3) is 0.647. The molecule has 0 aromatic heterocycles. The van der Waals surface area contributed by atoms with Crippen LogP contribution < -0.4 is 15.4 Å². The lowest BCUT2D eigenvalue weighted by Gasteiger charge is -2.41. The lowest BCUT2D eigenvalue weighted by atomic mass is 9.77. The van der Waals surface area contributed by atoms with Crippen molar-refractivity contribution >= 4 is 11.4 Å². The Hall–Kier alpha value is -1.45. The van der Waals surface area contributed by atoms with Crippen molar-refractivity contribution in [2.45, 2.75) is 45.4 Å². The Kier molecular flexibility index (Phi) is 3.96. The summed E-state index contributed by atoms with van der Waals surface area (Å²) in [5.41, 5.74) is 8.04. The highest BCUT2D eigenvalue weighted by Gasteiger charge is 2.37. The number of piperidine rings is 1. The molecule has 3 nitrogen and oxygen atoms in total. The highest BCUT2D eigenvalue weighted by molar-refractivity contribution is 5.70. The first-order valence-electron chi connectivity index (χ1n) is 8.10. The third-order valence-corrected chi connectivity index (χ3v) is 5.21. The number of anilines is 2. The smallest absolute Gasteiger partial charge is 0.167 e. The third-order valence-electron chi connectivity index (χ3n) is 5.21. The Bertz CT molecular complexity index is 502. The van der Waals surface area contributed by atoms with E-state index in [0.29, 0.717) is 23.5 Å². The van der Waals surface area contributed by atoms with Crippen molar-refractivity contribution in [3.63, 3.8) is 0 Å². The van der Waals surface area contributed by atoms with Crippen molar-refractivity contribution < 1.29 is 9.13 Å². The van der Waals surface area contributed by atoms with Gasteiger partial charge in [0, 0.05) is 25.2 Å². The van der Waals surface area contributed by atoms with E-state index in [-0.39, 0.29) is 5.82 Å². The zero-order chi connectivity index (χ0) is 14.9. The molecule has 1 aromatic carbocycles. The van der Waals surface area contributed by atoms with Crippen molar-refractivity contribution in [2.75, 3.05) is 30.3 Å². The van der Waals surface area contributed by atoms with Crippen LogP contribution in [0.2, 0.25) is 0 Å². The van der Waals surface area contributed by atoms with E-state index in [1.165, 1.54) is 44.6 Å². The summed E-state index contributed by atoms with van der Waals surface area (Å²) in [6.45, 7) is 4.35. The molecule has 2 fully saturated rings. The molecule has 1 aromatic rings. The van der Waals surface area contributed by atoms with Crippen LogP contribution in [0.15, 0.2) is 12.1 Å². The maximum atomic E-state index is 13.8. The highest BCUT2D eigenvalue weighted by Crippen LogP contribution is 2.47. The van der Waals surface area contributed by atoms with Gasteiger partial charge in [-0.15, -0.1) is 0 Å². The molecule has 21 heavy (non-hydrogen) atoms. The van der Waals surface area contributed by atoms with E-state index in [4.69, 9.17) is 10.5 Å². The fourth-order valence-corrected chi connectivity index (χ4v) is 3.94. The Labute approximate surface area is 126 Å². The third kappa shape index (κ3) is 2.81. The maximum Gasteiger partial charge on any atom is 0.167 e. The first-order valence-corrected chi connectivity index (χ1v) is 8.10. The van der Waals surface area contributed by atoms with Crippen LogP contribution in [-0.4, -0.2) is 19.7 Å². The number of hydrogen-bond donors (Lipinski definition) is 1. The topological polar surface area (TPSA) is 38.5 Å². The summed E-state index contributed by atoms with van der Waals surface area (Å²) in [4.78, 5) is 2.29. The van der Waals surface area contributed by atoms with Crippen molar-refractivity contribution in [3.05, 3.63) is 17.9 Å². The second-order valence-electron chi connectivity index (χ2n) is 6.47. The summed E-state index contributed by atoms with van der Waals surface area (Å²) >= 11 is 0. The van der Waals surface area contributed by atoms with Gasteiger partial charge >= 0.3 is 0 Å². The molecule has 0 radical (unpaired) electrons. The zero-order valence-corrected chi connectivity index (χ0v) is 12.8. The Balaban J connectivity index is 1.76. The zero-order valence-electron chi connectivity index (χ0n) is 12.8. The quantitative estimate of drug-likeness (QED) is 0.857. The number of halogens is 1. The van der Waals surface area contributed by atoms with Gasteiger partial charge in [0.2, 0.25) is 0 Å². The number of hydrogen-bond acceptors (Lipinski definition) is 3. The van der Waals surface area contributed by atoms with E-state index < -0.39 is 0 Å². The van der Waals surface area contributed by atoms with Crippen LogP contribution >= 0.6 is 0 Å². The molecule has 2 N–H and O–H groups in total. The average molecular weight is 292 g/mol. The van der Waals surface area contributed by atoms with Crippen LogP contribution in [0.4, 0.5) is 15.8 Å². The SMILES string of the molecule is CCOc1cc(N2CCC3(CCCC3)CC2)c(N)cc1F. The summed E-state index contributed by atoms with van der Waals surface area (Å²) in [6.07, 6.45) is 7.98. The van der Waals surface area contributed by atoms with Gasteiger partial charge < -0.3 is 15.4 Å². The van der Waals surface area contributed by atoms with Crippen molar-refractivity contribution in [3.8, 4) is 5.75 Å². The molecule has 1 saturated heterocycles. The van der Waals surface area contributed by atoms with Crippen LogP contribution in [-0.2, 0) is 0 Å². The largest absolute Gasteiger partial charge is 0.491 e. The number of rotatable bonds is 3. The highest BCUT2D eigenvalue weighted by atomic mass is 19.1. The summed E-state index contributed by atoms with van der Waals surface area (Å²) in [7, 11) is 0. The van der Waals surface area contributed by atoms with E-state index in [1.807, 2.05) is 6.92 Å². The molecule has 4 heteroatoms. The second kappa shape index (κ2) is 5.74. The molecule has 116 valence electrons. The molecule has 1 saturated carbocycles. The van der Waals surface area contributed by atoms with E-state index in [1.54, 1.807) is 6.07 Å². The van der Waals surface area contributed by atoms with Gasteiger partial charge in [-0.1, -0.05) is 12.8 Å². The Morgan fingerprint density at radius 1 is 1.19 bits per heavy atom. The molecule has 1 aliphatic heterocycles. The van der Waals surface area contributed by atoms with Crippen LogP contribution in [0, 0.1) is 11.2 Å². The number of nitrogens with two attached hydrogens (primary N) is 1. The van der Waals surface area contributed by atoms with Gasteiger partial charge in [-0.2, -0.15) is 0 Å². The van der Waals surface area contributed by atoms with Gasteiger partial charge in [-0.25, -0.2) is 4.39 Å². The molecule has 1 heterocycles. The monoisotopic (exact) mass is 292 g/mol. The minimum Gasteiger partial charge on any atom is -0.491 e. The summed E-state index contributed by atoms with van der Waals surface area (Å²) in [5.74, 6) is -0.0646. The molecule has 2 aliphatic rings. The lowest BCUT2D eigenvalue weighted by molar-refractivity contribution is 0.226. The first kappa shape index (κ1) is 14.5. The van der Waals surface area contributed by atoms with E-state index in [2.05, 4.69) is 4.90 Å². The number of nitrogens with zero attached hydrogens (tertiary/aromatic N) is 1. The second-order valence-corrected chi connectivity index (χ2v) is 6.47. The van der Waals surface area contributed by atoms with Gasteiger partial charge in [-0.3, -0.25) is 0 Å². The lowest BCUT2D eigenvalue weighted by Crippen LogP contribution is -2.39. The molecule has 0 atom stereocenters. The standard InChI is InChI=1S/C17H25FN2O/c1-2-21-16-12-15(14(19)11-13(16)18)20-9-7-17(8-10-20)5-3-4-6-17/h11-12H,2-10,19H2,1H3. The minimum atomic E-state index is -0.373. The molecule has 3 rings (SSSR count). The number of nitrogen functional groups attached to an aromatic ring is 1. The van der Waals surface area contributed by atoms with E-state index >= 15 is 0 Å². The average Bonchev–Trinajstić information content (AvgIpc) is 2.92. The summed E-state index contributed by atoms with van der Waals surface area (Å²) in [6, 6.07) is 3.15. The van der Waals surface area contributed by atoms with Crippen molar-refractivity contribution in [1.82, 2.24) is 0 Å². The number of benzene rings is 1. The van der Waals surface area contributed by atoms with Gasteiger partial charge in [0.15, 0.2) is 11.6 Å². The van der Waals surface area contributed by atoms with Crippen LogP contribution in [0.5, 0.6) is 5.75 Å². The Morgan fingerprint density at radius 3 is 2.48 bits per heavy atom. The van der Waals surface area contributed by atoms with Crippen LogP contribution in [0.3, 0.4) is 0 Å². The molecule has 1 aliphatic carbocycles. The maximum absolute atomic E-state index is 13.8. The Morgan fingerprint density at radius 2 is 1.86 bits per heavy atom. The van der Waals surface area contributed by atoms with Crippen LogP contribution in [0.1, 0.15) is 45.4 Å². The van der Waals surface area contributed by atoms with Crippen LogP contribution in [0.25, 0.3) is 0 Å². The van der Waals surface area contributed by atoms with Gasteiger partial charge in [0.25, 0.3) is 0 Å². The van der Waals surface area contributed by atoms with E-state index in [0.717, 1.165) is 18.8 Å². The molecule has 0 amide bonds. The molecular formula is C17H25FN2O. The summed E-state index contributed by atoms with van der Waals surface area (Å²) < 4.78 is 19.2. The molecule has 1 spiro atoms. The minimum absolute atomic E-state index is 0.308. The van der Waals surface area contributed by atoms with Crippen molar-refractivity contribution in [2.24, 2.45) is 5.41 Å². The molecule has 0 bridgehead atoms. The number of ether oxygens (including phenoxy) is 1.